The molecule has 2 N–H and O–H groups in total. The minimum Gasteiger partial charge on any atom is -0.366 e. The van der Waals surface area contributed by atoms with Crippen molar-refractivity contribution in [3.8, 4) is 11.1 Å². The molecule has 0 aliphatic carbocycles. The first-order chi connectivity index (χ1) is 9.27. The van der Waals surface area contributed by atoms with Gasteiger partial charge < -0.3 is 5.73 Å². The van der Waals surface area contributed by atoms with Crippen molar-refractivity contribution < 1.29 is 4.79 Å². The van der Waals surface area contributed by atoms with E-state index in [9.17, 15) is 4.79 Å². The normalized spacial score (nSPS) is 8.42. The van der Waals surface area contributed by atoms with Crippen LogP contribution < -0.4 is 5.73 Å². The predicted molar refractivity (Wildman–Crippen MR) is 83.1 cm³/mol. The first-order valence-corrected chi connectivity index (χ1v) is 6.72. The number of amides is 1. The molecule has 2 aromatic rings. The van der Waals surface area contributed by atoms with E-state index in [1.807, 2.05) is 70.2 Å². The van der Waals surface area contributed by atoms with Gasteiger partial charge in [-0.3, -0.25) is 4.79 Å². The summed E-state index contributed by atoms with van der Waals surface area (Å²) in [7, 11) is 0. The highest BCUT2D eigenvalue weighted by atomic mass is 16.1. The van der Waals surface area contributed by atoms with Crippen molar-refractivity contribution in [2.24, 2.45) is 5.73 Å². The number of rotatable bonds is 2. The van der Waals surface area contributed by atoms with Crippen LogP contribution in [0.5, 0.6) is 0 Å². The minimum atomic E-state index is -0.394. The topological polar surface area (TPSA) is 43.1 Å². The molecule has 0 atom stereocenters. The van der Waals surface area contributed by atoms with E-state index in [0.29, 0.717) is 5.56 Å². The lowest BCUT2D eigenvalue weighted by atomic mass is 10.0. The molecule has 102 valence electrons. The molecule has 0 aliphatic rings. The Bertz CT molecular complexity index is 460. The average molecular weight is 257 g/mol. The molecule has 2 nitrogen and oxygen atoms in total. The highest BCUT2D eigenvalue weighted by Crippen LogP contribution is 2.18. The average Bonchev–Trinajstić information content (AvgIpc) is 2.52. The third kappa shape index (κ3) is 5.38. The van der Waals surface area contributed by atoms with Crippen molar-refractivity contribution in [1.82, 2.24) is 0 Å². The number of nitrogens with two attached hydrogens (primary N) is 1. The first kappa shape index (κ1) is 16.9. The van der Waals surface area contributed by atoms with Crippen LogP contribution in [0, 0.1) is 0 Å². The Balaban J connectivity index is 0.000000741. The van der Waals surface area contributed by atoms with E-state index >= 15 is 0 Å². The van der Waals surface area contributed by atoms with E-state index < -0.39 is 5.91 Å². The molecule has 0 aliphatic heterocycles. The zero-order chi connectivity index (χ0) is 14.7. The van der Waals surface area contributed by atoms with Crippen LogP contribution in [0.15, 0.2) is 54.6 Å². The van der Waals surface area contributed by atoms with Gasteiger partial charge in [0, 0.05) is 5.56 Å². The fraction of sp³-hybridized carbons (Fsp3) is 0.235. The highest BCUT2D eigenvalue weighted by molar-refractivity contribution is 5.93. The Morgan fingerprint density at radius 3 is 1.58 bits per heavy atom. The van der Waals surface area contributed by atoms with Crippen molar-refractivity contribution >= 4 is 5.91 Å². The Labute approximate surface area is 116 Å². The third-order valence-corrected chi connectivity index (χ3v) is 2.28. The van der Waals surface area contributed by atoms with Gasteiger partial charge in [0.1, 0.15) is 0 Å². The summed E-state index contributed by atoms with van der Waals surface area (Å²) in [5.41, 5.74) is 7.92. The molecule has 19 heavy (non-hydrogen) atoms. The molecule has 0 saturated carbocycles. The van der Waals surface area contributed by atoms with Crippen LogP contribution in [0.2, 0.25) is 0 Å². The summed E-state index contributed by atoms with van der Waals surface area (Å²) < 4.78 is 0. The van der Waals surface area contributed by atoms with Crippen molar-refractivity contribution in [2.45, 2.75) is 27.7 Å². The molecule has 2 rings (SSSR count). The summed E-state index contributed by atoms with van der Waals surface area (Å²) in [6.45, 7) is 8.00. The van der Waals surface area contributed by atoms with Gasteiger partial charge in [-0.15, -0.1) is 0 Å². The molecule has 0 radical (unpaired) electrons. The van der Waals surface area contributed by atoms with Gasteiger partial charge in [-0.25, -0.2) is 0 Å². The van der Waals surface area contributed by atoms with Crippen molar-refractivity contribution in [2.75, 3.05) is 0 Å². The minimum absolute atomic E-state index is 0.394. The predicted octanol–water partition coefficient (Wildman–Crippen LogP) is 4.50. The largest absolute Gasteiger partial charge is 0.366 e. The summed E-state index contributed by atoms with van der Waals surface area (Å²) in [6, 6.07) is 17.3. The molecule has 0 heterocycles. The van der Waals surface area contributed by atoms with Gasteiger partial charge in [0.15, 0.2) is 0 Å². The van der Waals surface area contributed by atoms with E-state index in [0.717, 1.165) is 11.1 Å². The Kier molecular flexibility index (Phi) is 8.80. The lowest BCUT2D eigenvalue weighted by Crippen LogP contribution is -2.10. The molecule has 0 saturated heterocycles. The SMILES string of the molecule is CC.CC.NC(=O)c1ccc(-c2ccccc2)cc1. The van der Waals surface area contributed by atoms with Crippen LogP contribution in [-0.4, -0.2) is 5.91 Å². The van der Waals surface area contributed by atoms with E-state index in [2.05, 4.69) is 0 Å². The maximum absolute atomic E-state index is 10.9. The van der Waals surface area contributed by atoms with Gasteiger partial charge in [-0.2, -0.15) is 0 Å². The second-order valence-electron chi connectivity index (χ2n) is 3.31. The lowest BCUT2D eigenvalue weighted by Gasteiger charge is -2.01. The second-order valence-corrected chi connectivity index (χ2v) is 3.31. The van der Waals surface area contributed by atoms with Crippen molar-refractivity contribution in [3.63, 3.8) is 0 Å². The van der Waals surface area contributed by atoms with Crippen molar-refractivity contribution in [1.29, 1.82) is 0 Å². The Morgan fingerprint density at radius 1 is 0.737 bits per heavy atom. The Hall–Kier alpha value is -2.09. The Morgan fingerprint density at radius 2 is 1.16 bits per heavy atom. The first-order valence-electron chi connectivity index (χ1n) is 6.72. The smallest absolute Gasteiger partial charge is 0.248 e. The molecule has 1 amide bonds. The molecule has 0 aromatic heterocycles. The van der Waals surface area contributed by atoms with Gasteiger partial charge >= 0.3 is 0 Å². The molecule has 0 unspecified atom stereocenters. The number of primary amides is 1. The standard InChI is InChI=1S/C13H11NO.2C2H6/c14-13(15)12-8-6-11(7-9-12)10-4-2-1-3-5-10;2*1-2/h1-9H,(H2,14,15);2*1-2H3. The van der Waals surface area contributed by atoms with E-state index in [1.54, 1.807) is 12.1 Å². The van der Waals surface area contributed by atoms with E-state index in [-0.39, 0.29) is 0 Å². The molecule has 0 spiro atoms. The van der Waals surface area contributed by atoms with Crippen LogP contribution in [0.1, 0.15) is 38.1 Å². The highest BCUT2D eigenvalue weighted by Gasteiger charge is 2.00. The van der Waals surface area contributed by atoms with Gasteiger partial charge in [0.05, 0.1) is 0 Å². The molecule has 0 fully saturated rings. The van der Waals surface area contributed by atoms with Crippen LogP contribution in [0.25, 0.3) is 11.1 Å². The second kappa shape index (κ2) is 9.89. The summed E-state index contributed by atoms with van der Waals surface area (Å²) in [5.74, 6) is -0.394. The summed E-state index contributed by atoms with van der Waals surface area (Å²) in [5, 5.41) is 0. The summed E-state index contributed by atoms with van der Waals surface area (Å²) >= 11 is 0. The number of carbonyl (C=O) groups is 1. The lowest BCUT2D eigenvalue weighted by molar-refractivity contribution is 0.100. The molecular formula is C17H23NO. The van der Waals surface area contributed by atoms with Gasteiger partial charge in [-0.1, -0.05) is 70.2 Å². The summed E-state index contributed by atoms with van der Waals surface area (Å²) in [4.78, 5) is 10.9. The number of hydrogen-bond acceptors (Lipinski definition) is 1. The molecule has 2 aromatic carbocycles. The number of benzene rings is 2. The van der Waals surface area contributed by atoms with Crippen LogP contribution in [0.4, 0.5) is 0 Å². The number of carbonyl (C=O) groups excluding carboxylic acids is 1. The van der Waals surface area contributed by atoms with Gasteiger partial charge in [-0.05, 0) is 23.3 Å². The molecule has 0 bridgehead atoms. The number of hydrogen-bond donors (Lipinski definition) is 1. The quantitative estimate of drug-likeness (QED) is 0.845. The van der Waals surface area contributed by atoms with Crippen LogP contribution >= 0.6 is 0 Å². The van der Waals surface area contributed by atoms with Gasteiger partial charge in [0.25, 0.3) is 0 Å². The monoisotopic (exact) mass is 257 g/mol. The maximum Gasteiger partial charge on any atom is 0.248 e. The summed E-state index contributed by atoms with van der Waals surface area (Å²) in [6.07, 6.45) is 0. The van der Waals surface area contributed by atoms with Crippen LogP contribution in [0.3, 0.4) is 0 Å². The zero-order valence-electron chi connectivity index (χ0n) is 12.2. The van der Waals surface area contributed by atoms with E-state index in [1.165, 1.54) is 0 Å². The fourth-order valence-electron chi connectivity index (χ4n) is 1.46. The van der Waals surface area contributed by atoms with E-state index in [4.69, 9.17) is 5.73 Å². The maximum atomic E-state index is 10.9. The van der Waals surface area contributed by atoms with Crippen molar-refractivity contribution in [3.05, 3.63) is 60.2 Å². The molecular weight excluding hydrogens is 234 g/mol. The van der Waals surface area contributed by atoms with Crippen LogP contribution in [-0.2, 0) is 0 Å². The fourth-order valence-corrected chi connectivity index (χ4v) is 1.46. The molecule has 2 heteroatoms. The third-order valence-electron chi connectivity index (χ3n) is 2.28. The van der Waals surface area contributed by atoms with Gasteiger partial charge in [0.2, 0.25) is 5.91 Å². The zero-order valence-corrected chi connectivity index (χ0v) is 12.2.